The summed E-state index contributed by atoms with van der Waals surface area (Å²) in [4.78, 5) is 30.8. The van der Waals surface area contributed by atoms with Crippen LogP contribution in [0, 0.1) is 24.2 Å². The van der Waals surface area contributed by atoms with E-state index in [1.165, 1.54) is 11.8 Å². The van der Waals surface area contributed by atoms with Crippen LogP contribution >= 0.6 is 24.0 Å². The van der Waals surface area contributed by atoms with E-state index in [1.807, 2.05) is 13.0 Å². The maximum absolute atomic E-state index is 13.3. The Balaban J connectivity index is 1.78. The third kappa shape index (κ3) is 4.61. The number of anilines is 1. The molecule has 0 N–H and O–H groups in total. The predicted octanol–water partition coefficient (Wildman–Crippen LogP) is 3.66. The summed E-state index contributed by atoms with van der Waals surface area (Å²) in [6.07, 6.45) is 5.87. The van der Waals surface area contributed by atoms with E-state index in [-0.39, 0.29) is 23.1 Å². The largest absolute Gasteiger partial charge is 0.376 e. The van der Waals surface area contributed by atoms with Crippen LogP contribution in [0.5, 0.6) is 0 Å². The fraction of sp³-hybridized carbons (Fsp3) is 0.583. The van der Waals surface area contributed by atoms with E-state index >= 15 is 0 Å². The lowest BCUT2D eigenvalue weighted by molar-refractivity contribution is -0.123. The monoisotopic (exact) mass is 486 g/mol. The molecule has 3 saturated heterocycles. The summed E-state index contributed by atoms with van der Waals surface area (Å²) in [6, 6.07) is 2.09. The summed E-state index contributed by atoms with van der Waals surface area (Å²) < 4.78 is 7.91. The van der Waals surface area contributed by atoms with Gasteiger partial charge in [-0.2, -0.15) is 5.26 Å². The third-order valence-corrected chi connectivity index (χ3v) is 8.18. The van der Waals surface area contributed by atoms with Crippen molar-refractivity contribution in [1.82, 2.24) is 9.47 Å². The zero-order valence-corrected chi connectivity index (χ0v) is 21.1. The number of rotatable bonds is 5. The number of carbonyl (C=O) groups excluding carboxylic acids is 1. The Bertz CT molecular complexity index is 1090. The number of piperidine rings is 1. The number of pyridine rings is 1. The lowest BCUT2D eigenvalue weighted by atomic mass is 9.97. The quantitative estimate of drug-likeness (QED) is 0.464. The van der Waals surface area contributed by atoms with Crippen LogP contribution in [0.2, 0.25) is 0 Å². The van der Waals surface area contributed by atoms with Crippen LogP contribution in [-0.2, 0) is 16.1 Å². The third-order valence-electron chi connectivity index (χ3n) is 6.81. The summed E-state index contributed by atoms with van der Waals surface area (Å²) in [5, 5.41) is 9.72. The van der Waals surface area contributed by atoms with Gasteiger partial charge in [0.05, 0.1) is 17.6 Å². The molecule has 1 amide bonds. The van der Waals surface area contributed by atoms with Gasteiger partial charge in [-0.25, -0.2) is 0 Å². The summed E-state index contributed by atoms with van der Waals surface area (Å²) >= 11 is 6.80. The highest BCUT2D eigenvalue weighted by molar-refractivity contribution is 8.26. The molecule has 1 aromatic rings. The molecular weight excluding hydrogens is 456 g/mol. The Morgan fingerprint density at radius 1 is 1.27 bits per heavy atom. The molecule has 0 radical (unpaired) electrons. The summed E-state index contributed by atoms with van der Waals surface area (Å²) in [7, 11) is 0. The number of amides is 1. The lowest BCUT2D eigenvalue weighted by Crippen LogP contribution is -2.39. The molecule has 1 unspecified atom stereocenters. The maximum Gasteiger partial charge on any atom is 0.270 e. The minimum atomic E-state index is -0.269. The van der Waals surface area contributed by atoms with Crippen molar-refractivity contribution in [3.63, 3.8) is 0 Å². The van der Waals surface area contributed by atoms with Crippen LogP contribution in [0.4, 0.5) is 5.82 Å². The molecule has 7 nitrogen and oxygen atoms in total. The summed E-state index contributed by atoms with van der Waals surface area (Å²) in [5.74, 6) is 1.31. The number of hydrogen-bond acceptors (Lipinski definition) is 7. The number of thioether (sulfide) groups is 1. The van der Waals surface area contributed by atoms with E-state index in [4.69, 9.17) is 17.0 Å². The van der Waals surface area contributed by atoms with Crippen LogP contribution in [0.15, 0.2) is 9.70 Å². The fourth-order valence-electron chi connectivity index (χ4n) is 4.78. The Morgan fingerprint density at radius 3 is 2.61 bits per heavy atom. The van der Waals surface area contributed by atoms with Crippen molar-refractivity contribution >= 4 is 46.1 Å². The first-order valence-corrected chi connectivity index (χ1v) is 12.9. The molecule has 9 heteroatoms. The minimum absolute atomic E-state index is 0.0201. The Hall–Kier alpha value is -2.15. The second-order valence-electron chi connectivity index (χ2n) is 9.00. The van der Waals surface area contributed by atoms with Crippen molar-refractivity contribution in [2.45, 2.75) is 59.1 Å². The number of thiocarbonyl (C=S) groups is 1. The van der Waals surface area contributed by atoms with Gasteiger partial charge in [0.1, 0.15) is 21.8 Å². The van der Waals surface area contributed by atoms with Gasteiger partial charge in [-0.05, 0) is 57.1 Å². The highest BCUT2D eigenvalue weighted by Crippen LogP contribution is 2.37. The van der Waals surface area contributed by atoms with Crippen LogP contribution in [-0.4, -0.2) is 52.0 Å². The molecule has 1 atom stereocenters. The zero-order valence-electron chi connectivity index (χ0n) is 19.4. The van der Waals surface area contributed by atoms with E-state index in [9.17, 15) is 14.9 Å². The predicted molar refractivity (Wildman–Crippen MR) is 135 cm³/mol. The van der Waals surface area contributed by atoms with E-state index in [2.05, 4.69) is 17.9 Å². The number of nitriles is 1. The smallest absolute Gasteiger partial charge is 0.270 e. The number of aromatic nitrogens is 1. The molecule has 176 valence electrons. The van der Waals surface area contributed by atoms with Crippen LogP contribution < -0.4 is 10.5 Å². The van der Waals surface area contributed by atoms with Crippen LogP contribution in [0.25, 0.3) is 6.08 Å². The SMILES string of the molecule is CCn1c(N2CCC(C)CC2)c(/C=C2\SC(=S)N(CC3CCCO3)C2=O)c(C)c(C#N)c1=O. The molecule has 3 fully saturated rings. The van der Waals surface area contributed by atoms with Crippen molar-refractivity contribution in [1.29, 1.82) is 5.26 Å². The highest BCUT2D eigenvalue weighted by Gasteiger charge is 2.35. The first kappa shape index (κ1) is 24.0. The molecule has 4 heterocycles. The molecule has 3 aliphatic heterocycles. The number of nitrogens with zero attached hydrogens (tertiary/aromatic N) is 4. The molecule has 3 aliphatic rings. The molecular formula is C24H30N4O3S2. The zero-order chi connectivity index (χ0) is 23.7. The van der Waals surface area contributed by atoms with E-state index in [0.29, 0.717) is 33.8 Å². The molecule has 0 saturated carbocycles. The molecule has 0 bridgehead atoms. The van der Waals surface area contributed by atoms with Gasteiger partial charge in [0.2, 0.25) is 0 Å². The van der Waals surface area contributed by atoms with Gasteiger partial charge in [-0.3, -0.25) is 19.1 Å². The average Bonchev–Trinajstić information content (AvgIpc) is 3.40. The van der Waals surface area contributed by atoms with Gasteiger partial charge in [0.15, 0.2) is 0 Å². The van der Waals surface area contributed by atoms with Crippen molar-refractivity contribution < 1.29 is 9.53 Å². The molecule has 0 aliphatic carbocycles. The molecule has 1 aromatic heterocycles. The van der Waals surface area contributed by atoms with Crippen LogP contribution in [0.3, 0.4) is 0 Å². The van der Waals surface area contributed by atoms with E-state index < -0.39 is 0 Å². The first-order chi connectivity index (χ1) is 15.8. The van der Waals surface area contributed by atoms with Gasteiger partial charge >= 0.3 is 0 Å². The number of ether oxygens (including phenoxy) is 1. The van der Waals surface area contributed by atoms with Crippen molar-refractivity contribution in [2.24, 2.45) is 5.92 Å². The van der Waals surface area contributed by atoms with E-state index in [0.717, 1.165) is 56.8 Å². The fourth-order valence-corrected chi connectivity index (χ4v) is 6.04. The Kier molecular flexibility index (Phi) is 7.27. The van der Waals surface area contributed by atoms with Gasteiger partial charge in [0.25, 0.3) is 11.5 Å². The summed E-state index contributed by atoms with van der Waals surface area (Å²) in [5.41, 5.74) is 1.24. The van der Waals surface area contributed by atoms with Crippen molar-refractivity contribution in [2.75, 3.05) is 31.1 Å². The summed E-state index contributed by atoms with van der Waals surface area (Å²) in [6.45, 7) is 9.29. The van der Waals surface area contributed by atoms with Crippen molar-refractivity contribution in [3.05, 3.63) is 31.9 Å². The molecule has 0 aromatic carbocycles. The number of carbonyl (C=O) groups is 1. The van der Waals surface area contributed by atoms with Gasteiger partial charge in [0, 0.05) is 31.8 Å². The topological polar surface area (TPSA) is 78.6 Å². The van der Waals surface area contributed by atoms with Gasteiger partial charge in [-0.1, -0.05) is 30.9 Å². The molecule has 4 rings (SSSR count). The second kappa shape index (κ2) is 10.00. The lowest BCUT2D eigenvalue weighted by Gasteiger charge is -2.35. The van der Waals surface area contributed by atoms with Crippen LogP contribution in [0.1, 0.15) is 56.2 Å². The minimum Gasteiger partial charge on any atom is -0.376 e. The van der Waals surface area contributed by atoms with Gasteiger partial charge in [-0.15, -0.1) is 0 Å². The standard InChI is InChI=1S/C24H30N4O3S2/c1-4-27-21(26-9-7-15(2)8-10-26)18(16(3)19(13-25)22(27)29)12-20-23(30)28(24(32)33-20)14-17-6-5-11-31-17/h12,15,17H,4-11,14H2,1-3H3/b20-12-. The molecule has 0 spiro atoms. The maximum atomic E-state index is 13.3. The normalized spacial score (nSPS) is 23.1. The van der Waals surface area contributed by atoms with Crippen molar-refractivity contribution in [3.8, 4) is 6.07 Å². The highest BCUT2D eigenvalue weighted by atomic mass is 32.2. The molecule has 33 heavy (non-hydrogen) atoms. The number of hydrogen-bond donors (Lipinski definition) is 0. The second-order valence-corrected chi connectivity index (χ2v) is 10.7. The average molecular weight is 487 g/mol. The van der Waals surface area contributed by atoms with Gasteiger partial charge < -0.3 is 9.64 Å². The van der Waals surface area contributed by atoms with E-state index in [1.54, 1.807) is 16.4 Å². The Labute approximate surface area is 204 Å². The first-order valence-electron chi connectivity index (χ1n) is 11.6. The Morgan fingerprint density at radius 2 is 2.00 bits per heavy atom.